The van der Waals surface area contributed by atoms with Gasteiger partial charge in [-0.2, -0.15) is 5.26 Å². The number of carbonyl (C=O) groups excluding carboxylic acids is 1. The summed E-state index contributed by atoms with van der Waals surface area (Å²) in [6, 6.07) is 15.2. The first kappa shape index (κ1) is 19.3. The SMILES string of the molecule is COC(=O)c1c(N)c(C#N)cn1-c1cc(Cl)ccc1Sc1nc2ccccc2s1. The molecule has 0 fully saturated rings. The molecule has 0 amide bonds. The second-order valence-corrected chi connectivity index (χ2v) is 8.70. The van der Waals surface area contributed by atoms with E-state index in [9.17, 15) is 10.1 Å². The second kappa shape index (κ2) is 7.79. The van der Waals surface area contributed by atoms with E-state index in [0.29, 0.717) is 10.7 Å². The number of aromatic nitrogens is 2. The summed E-state index contributed by atoms with van der Waals surface area (Å²) in [4.78, 5) is 17.8. The molecule has 144 valence electrons. The van der Waals surface area contributed by atoms with Gasteiger partial charge in [-0.1, -0.05) is 35.5 Å². The highest BCUT2D eigenvalue weighted by atomic mass is 35.5. The molecule has 4 aromatic rings. The Hall–Kier alpha value is -2.99. The van der Waals surface area contributed by atoms with Gasteiger partial charge < -0.3 is 15.0 Å². The Kier molecular flexibility index (Phi) is 5.20. The number of nitrogens with zero attached hydrogens (tertiary/aromatic N) is 3. The maximum atomic E-state index is 12.3. The molecule has 0 radical (unpaired) electrons. The Labute approximate surface area is 179 Å². The number of fused-ring (bicyclic) bond motifs is 1. The molecule has 29 heavy (non-hydrogen) atoms. The minimum absolute atomic E-state index is 0.0651. The zero-order valence-electron chi connectivity index (χ0n) is 15.0. The van der Waals surface area contributed by atoms with Gasteiger partial charge in [-0.05, 0) is 30.3 Å². The molecule has 2 aromatic heterocycles. The van der Waals surface area contributed by atoms with Gasteiger partial charge in [0.05, 0.1) is 34.3 Å². The minimum Gasteiger partial charge on any atom is -0.464 e. The zero-order valence-corrected chi connectivity index (χ0v) is 17.4. The Morgan fingerprint density at radius 1 is 1.34 bits per heavy atom. The lowest BCUT2D eigenvalue weighted by atomic mass is 10.2. The van der Waals surface area contributed by atoms with E-state index in [2.05, 4.69) is 4.98 Å². The van der Waals surface area contributed by atoms with Crippen molar-refractivity contribution in [1.82, 2.24) is 9.55 Å². The molecular weight excluding hydrogens is 428 g/mol. The van der Waals surface area contributed by atoms with Crippen molar-refractivity contribution in [2.24, 2.45) is 0 Å². The Morgan fingerprint density at radius 3 is 2.86 bits per heavy atom. The van der Waals surface area contributed by atoms with E-state index in [0.717, 1.165) is 19.5 Å². The molecule has 0 saturated heterocycles. The first-order chi connectivity index (χ1) is 14.0. The number of nitrogen functional groups attached to an aromatic ring is 1. The quantitative estimate of drug-likeness (QED) is 0.442. The van der Waals surface area contributed by atoms with E-state index in [-0.39, 0.29) is 16.9 Å². The monoisotopic (exact) mass is 440 g/mol. The van der Waals surface area contributed by atoms with Crippen molar-refractivity contribution in [3.05, 3.63) is 64.9 Å². The predicted octanol–water partition coefficient (Wildman–Crippen LogP) is 5.13. The molecule has 0 saturated carbocycles. The molecule has 0 aliphatic rings. The van der Waals surface area contributed by atoms with Crippen LogP contribution in [0.15, 0.2) is 57.9 Å². The first-order valence-corrected chi connectivity index (χ1v) is 10.4. The number of hydrogen-bond acceptors (Lipinski definition) is 7. The van der Waals surface area contributed by atoms with Crippen molar-refractivity contribution in [2.45, 2.75) is 9.24 Å². The van der Waals surface area contributed by atoms with Crippen LogP contribution in [0.5, 0.6) is 0 Å². The second-order valence-electron chi connectivity index (χ2n) is 5.94. The number of nitriles is 1. The summed E-state index contributed by atoms with van der Waals surface area (Å²) < 4.78 is 8.33. The van der Waals surface area contributed by atoms with E-state index in [1.54, 1.807) is 28.0 Å². The number of ether oxygens (including phenoxy) is 1. The van der Waals surface area contributed by atoms with Gasteiger partial charge in [-0.15, -0.1) is 11.3 Å². The molecule has 4 rings (SSSR count). The van der Waals surface area contributed by atoms with Gasteiger partial charge >= 0.3 is 5.97 Å². The van der Waals surface area contributed by atoms with Crippen molar-refractivity contribution in [3.8, 4) is 11.8 Å². The predicted molar refractivity (Wildman–Crippen MR) is 115 cm³/mol. The highest BCUT2D eigenvalue weighted by molar-refractivity contribution is 8.01. The highest BCUT2D eigenvalue weighted by Crippen LogP contribution is 2.39. The molecule has 0 aliphatic heterocycles. The van der Waals surface area contributed by atoms with Crippen LogP contribution in [0.3, 0.4) is 0 Å². The van der Waals surface area contributed by atoms with Crippen molar-refractivity contribution in [3.63, 3.8) is 0 Å². The topological polar surface area (TPSA) is 93.9 Å². The number of benzene rings is 2. The summed E-state index contributed by atoms with van der Waals surface area (Å²) >= 11 is 9.25. The van der Waals surface area contributed by atoms with Crippen LogP contribution in [0, 0.1) is 11.3 Å². The Bertz CT molecular complexity index is 1260. The molecule has 6 nitrogen and oxygen atoms in total. The largest absolute Gasteiger partial charge is 0.464 e. The Balaban J connectivity index is 1.86. The number of halogens is 1. The minimum atomic E-state index is -0.639. The van der Waals surface area contributed by atoms with E-state index < -0.39 is 5.97 Å². The number of hydrogen-bond donors (Lipinski definition) is 1. The number of nitrogens with two attached hydrogens (primary N) is 1. The molecule has 0 spiro atoms. The number of para-hydroxylation sites is 1. The van der Waals surface area contributed by atoms with Crippen molar-refractivity contribution in [2.75, 3.05) is 12.8 Å². The van der Waals surface area contributed by atoms with Crippen molar-refractivity contribution >= 4 is 56.6 Å². The maximum absolute atomic E-state index is 12.3. The highest BCUT2D eigenvalue weighted by Gasteiger charge is 2.23. The molecule has 9 heteroatoms. The molecule has 0 unspecified atom stereocenters. The summed E-state index contributed by atoms with van der Waals surface area (Å²) in [6.07, 6.45) is 1.51. The molecule has 2 aromatic carbocycles. The van der Waals surface area contributed by atoms with Crippen LogP contribution >= 0.6 is 34.7 Å². The number of methoxy groups -OCH3 is 1. The molecule has 2 N–H and O–H groups in total. The fourth-order valence-electron chi connectivity index (χ4n) is 2.86. The summed E-state index contributed by atoms with van der Waals surface area (Å²) in [5.74, 6) is -0.639. The van der Waals surface area contributed by atoms with Gasteiger partial charge in [0.2, 0.25) is 0 Å². The standard InChI is InChI=1S/C20H13ClN4O2S2/c1-27-19(26)18-17(23)11(9-22)10-25(18)14-8-12(21)6-7-16(14)29-20-24-13-4-2-3-5-15(13)28-20/h2-8,10H,23H2,1H3. The van der Waals surface area contributed by atoms with Crippen LogP contribution in [0.1, 0.15) is 16.1 Å². The molecule has 0 aliphatic carbocycles. The first-order valence-electron chi connectivity index (χ1n) is 8.34. The molecule has 0 atom stereocenters. The van der Waals surface area contributed by atoms with Gasteiger partial charge in [0.1, 0.15) is 6.07 Å². The number of esters is 1. The molecular formula is C20H13ClN4O2S2. The summed E-state index contributed by atoms with van der Waals surface area (Å²) in [5.41, 5.74) is 7.88. The van der Waals surface area contributed by atoms with Crippen molar-refractivity contribution < 1.29 is 9.53 Å². The Morgan fingerprint density at radius 2 is 2.14 bits per heavy atom. The number of rotatable bonds is 4. The number of carbonyl (C=O) groups is 1. The third-order valence-electron chi connectivity index (χ3n) is 4.20. The van der Waals surface area contributed by atoms with E-state index >= 15 is 0 Å². The van der Waals surface area contributed by atoms with E-state index in [1.165, 1.54) is 25.1 Å². The van der Waals surface area contributed by atoms with E-state index in [1.807, 2.05) is 36.4 Å². The van der Waals surface area contributed by atoms with Gasteiger partial charge in [0, 0.05) is 16.1 Å². The lowest BCUT2D eigenvalue weighted by Crippen LogP contribution is -2.11. The van der Waals surface area contributed by atoms with E-state index in [4.69, 9.17) is 22.1 Å². The van der Waals surface area contributed by atoms with Gasteiger partial charge in [-0.25, -0.2) is 9.78 Å². The van der Waals surface area contributed by atoms with Crippen LogP contribution in [-0.4, -0.2) is 22.6 Å². The van der Waals surface area contributed by atoms with Gasteiger partial charge in [0.15, 0.2) is 10.0 Å². The lowest BCUT2D eigenvalue weighted by molar-refractivity contribution is 0.0593. The van der Waals surface area contributed by atoms with Crippen LogP contribution in [0.25, 0.3) is 15.9 Å². The van der Waals surface area contributed by atoms with Gasteiger partial charge in [0.25, 0.3) is 0 Å². The summed E-state index contributed by atoms with van der Waals surface area (Å²) in [6.45, 7) is 0. The fraction of sp³-hybridized carbons (Fsp3) is 0.0500. The van der Waals surface area contributed by atoms with Gasteiger partial charge in [-0.3, -0.25) is 0 Å². The fourth-order valence-corrected chi connectivity index (χ4v) is 5.16. The van der Waals surface area contributed by atoms with Crippen LogP contribution < -0.4 is 5.73 Å². The lowest BCUT2D eigenvalue weighted by Gasteiger charge is -2.13. The number of thiazole rings is 1. The smallest absolute Gasteiger partial charge is 0.357 e. The summed E-state index contributed by atoms with van der Waals surface area (Å²) in [7, 11) is 1.26. The van der Waals surface area contributed by atoms with Crippen molar-refractivity contribution in [1.29, 1.82) is 5.26 Å². The summed E-state index contributed by atoms with van der Waals surface area (Å²) in [5, 5.41) is 9.84. The average molecular weight is 441 g/mol. The number of anilines is 1. The molecule has 2 heterocycles. The normalized spacial score (nSPS) is 10.8. The van der Waals surface area contributed by atoms with Crippen LogP contribution in [-0.2, 0) is 4.74 Å². The third-order valence-corrected chi connectivity index (χ3v) is 6.59. The zero-order chi connectivity index (χ0) is 20.5. The molecule has 0 bridgehead atoms. The maximum Gasteiger partial charge on any atom is 0.357 e. The third kappa shape index (κ3) is 3.56. The van der Waals surface area contributed by atoms with Crippen LogP contribution in [0.4, 0.5) is 5.69 Å². The average Bonchev–Trinajstić information content (AvgIpc) is 3.28. The van der Waals surface area contributed by atoms with Crippen LogP contribution in [0.2, 0.25) is 5.02 Å².